The highest BCUT2D eigenvalue weighted by atomic mass is 15.2. The van der Waals surface area contributed by atoms with Crippen molar-refractivity contribution >= 4 is 5.65 Å². The first-order chi connectivity index (χ1) is 8.36. The first-order valence-electron chi connectivity index (χ1n) is 6.42. The van der Waals surface area contributed by atoms with Gasteiger partial charge in [0, 0.05) is 12.3 Å². The third kappa shape index (κ3) is 2.05. The van der Waals surface area contributed by atoms with Crippen molar-refractivity contribution in [2.75, 3.05) is 6.54 Å². The van der Waals surface area contributed by atoms with Gasteiger partial charge in [0.05, 0.1) is 17.6 Å². The minimum absolute atomic E-state index is 0.638. The number of rotatable bonds is 3. The Morgan fingerprint density at radius 1 is 1.29 bits per heavy atom. The Labute approximate surface area is 101 Å². The van der Waals surface area contributed by atoms with E-state index in [4.69, 9.17) is 5.73 Å². The molecule has 1 aliphatic rings. The van der Waals surface area contributed by atoms with Crippen LogP contribution in [0.25, 0.3) is 5.65 Å². The molecule has 0 spiro atoms. The molecule has 2 N–H and O–H groups in total. The largest absolute Gasteiger partial charge is 0.330 e. The van der Waals surface area contributed by atoms with E-state index in [0.29, 0.717) is 12.5 Å². The topological polar surface area (TPSA) is 56.2 Å². The van der Waals surface area contributed by atoms with Gasteiger partial charge in [-0.15, -0.1) is 0 Å². The third-order valence-corrected chi connectivity index (χ3v) is 3.56. The highest BCUT2D eigenvalue weighted by Crippen LogP contribution is 2.32. The second kappa shape index (κ2) is 4.45. The molecule has 0 aliphatic heterocycles. The van der Waals surface area contributed by atoms with Crippen molar-refractivity contribution in [2.24, 2.45) is 5.73 Å². The lowest BCUT2D eigenvalue weighted by Gasteiger charge is -2.07. The quantitative estimate of drug-likeness (QED) is 0.876. The summed E-state index contributed by atoms with van der Waals surface area (Å²) in [4.78, 5) is 4.49. The van der Waals surface area contributed by atoms with Gasteiger partial charge in [-0.2, -0.15) is 5.10 Å². The van der Waals surface area contributed by atoms with E-state index in [2.05, 4.69) is 22.2 Å². The molecular formula is C13H18N4. The summed E-state index contributed by atoms with van der Waals surface area (Å²) < 4.78 is 1.90. The van der Waals surface area contributed by atoms with Crippen LogP contribution in [0, 0.1) is 0 Å². The number of imidazole rings is 1. The molecule has 0 saturated heterocycles. The summed E-state index contributed by atoms with van der Waals surface area (Å²) in [6, 6.07) is 4.20. The van der Waals surface area contributed by atoms with Gasteiger partial charge < -0.3 is 5.73 Å². The van der Waals surface area contributed by atoms with Crippen LogP contribution in [-0.4, -0.2) is 21.1 Å². The van der Waals surface area contributed by atoms with Gasteiger partial charge in [0.1, 0.15) is 0 Å². The number of hydrogen-bond acceptors (Lipinski definition) is 3. The first kappa shape index (κ1) is 10.7. The minimum atomic E-state index is 0.638. The number of aromatic nitrogens is 3. The van der Waals surface area contributed by atoms with Gasteiger partial charge in [-0.1, -0.05) is 12.8 Å². The molecule has 0 unspecified atom stereocenters. The van der Waals surface area contributed by atoms with E-state index in [1.165, 1.54) is 31.4 Å². The van der Waals surface area contributed by atoms with Crippen LogP contribution >= 0.6 is 0 Å². The zero-order valence-electron chi connectivity index (χ0n) is 9.97. The van der Waals surface area contributed by atoms with E-state index in [9.17, 15) is 0 Å². The zero-order chi connectivity index (χ0) is 11.7. The highest BCUT2D eigenvalue weighted by molar-refractivity contribution is 5.39. The maximum absolute atomic E-state index is 5.54. The van der Waals surface area contributed by atoms with Crippen molar-refractivity contribution in [2.45, 2.75) is 38.0 Å². The van der Waals surface area contributed by atoms with Gasteiger partial charge in [0.25, 0.3) is 0 Å². The molecule has 0 radical (unpaired) electrons. The van der Waals surface area contributed by atoms with Gasteiger partial charge in [-0.05, 0) is 31.5 Å². The highest BCUT2D eigenvalue weighted by Gasteiger charge is 2.18. The molecule has 2 heterocycles. The molecule has 1 aliphatic carbocycles. The third-order valence-electron chi connectivity index (χ3n) is 3.56. The molecule has 3 rings (SSSR count). The van der Waals surface area contributed by atoms with E-state index in [1.54, 1.807) is 0 Å². The fraction of sp³-hybridized carbons (Fsp3) is 0.538. The minimum Gasteiger partial charge on any atom is -0.330 e. The number of nitrogens with zero attached hydrogens (tertiary/aromatic N) is 3. The Balaban J connectivity index is 1.94. The fourth-order valence-corrected chi connectivity index (χ4v) is 2.65. The van der Waals surface area contributed by atoms with Crippen molar-refractivity contribution in [1.82, 2.24) is 14.6 Å². The standard InChI is InChI=1S/C13H18N4/c14-8-7-11-9-17-13(15-11)6-5-12(16-17)10-3-1-2-4-10/h5-6,9-10H,1-4,7-8,14H2. The maximum Gasteiger partial charge on any atom is 0.153 e. The molecule has 2 aromatic heterocycles. The summed E-state index contributed by atoms with van der Waals surface area (Å²) in [7, 11) is 0. The number of fused-ring (bicyclic) bond motifs is 1. The van der Waals surface area contributed by atoms with E-state index in [-0.39, 0.29) is 0 Å². The SMILES string of the molecule is NCCc1cn2nc(C3CCCC3)ccc2n1. The van der Waals surface area contributed by atoms with E-state index in [0.717, 1.165) is 17.8 Å². The van der Waals surface area contributed by atoms with Gasteiger partial charge in [-0.25, -0.2) is 9.50 Å². The van der Waals surface area contributed by atoms with Crippen LogP contribution in [0.5, 0.6) is 0 Å². The molecule has 4 heteroatoms. The first-order valence-corrected chi connectivity index (χ1v) is 6.42. The van der Waals surface area contributed by atoms with Gasteiger partial charge in [-0.3, -0.25) is 0 Å². The van der Waals surface area contributed by atoms with Gasteiger partial charge in [0.2, 0.25) is 0 Å². The van der Waals surface area contributed by atoms with Crippen LogP contribution in [0.15, 0.2) is 18.3 Å². The fourth-order valence-electron chi connectivity index (χ4n) is 2.65. The summed E-state index contributed by atoms with van der Waals surface area (Å²) in [5.74, 6) is 0.653. The molecule has 17 heavy (non-hydrogen) atoms. The van der Waals surface area contributed by atoms with Crippen LogP contribution in [0.3, 0.4) is 0 Å². The number of hydrogen-bond donors (Lipinski definition) is 1. The molecule has 1 fully saturated rings. The molecule has 2 aromatic rings. The average Bonchev–Trinajstić information content (AvgIpc) is 2.96. The van der Waals surface area contributed by atoms with Gasteiger partial charge >= 0.3 is 0 Å². The predicted octanol–water partition coefficient (Wildman–Crippen LogP) is 1.89. The Morgan fingerprint density at radius 2 is 2.12 bits per heavy atom. The van der Waals surface area contributed by atoms with E-state index in [1.807, 2.05) is 10.7 Å². The van der Waals surface area contributed by atoms with Crippen molar-refractivity contribution in [3.8, 4) is 0 Å². The normalized spacial score (nSPS) is 17.0. The molecule has 0 aromatic carbocycles. The van der Waals surface area contributed by atoms with E-state index >= 15 is 0 Å². The van der Waals surface area contributed by atoms with Crippen LogP contribution < -0.4 is 5.73 Å². The summed E-state index contributed by atoms with van der Waals surface area (Å²) in [5, 5.41) is 4.67. The Kier molecular flexibility index (Phi) is 2.81. The summed E-state index contributed by atoms with van der Waals surface area (Å²) in [5.41, 5.74) is 8.71. The Hall–Kier alpha value is -1.42. The van der Waals surface area contributed by atoms with Crippen molar-refractivity contribution in [3.05, 3.63) is 29.7 Å². The second-order valence-corrected chi connectivity index (χ2v) is 4.81. The maximum atomic E-state index is 5.54. The van der Waals surface area contributed by atoms with Crippen molar-refractivity contribution in [1.29, 1.82) is 0 Å². The van der Waals surface area contributed by atoms with Crippen LogP contribution in [0.1, 0.15) is 43.0 Å². The van der Waals surface area contributed by atoms with Crippen molar-refractivity contribution in [3.63, 3.8) is 0 Å². The lowest BCUT2D eigenvalue weighted by Crippen LogP contribution is -2.02. The lowest BCUT2D eigenvalue weighted by molar-refractivity contribution is 0.671. The summed E-state index contributed by atoms with van der Waals surface area (Å²) in [6.07, 6.45) is 8.06. The summed E-state index contributed by atoms with van der Waals surface area (Å²) >= 11 is 0. The second-order valence-electron chi connectivity index (χ2n) is 4.81. The van der Waals surface area contributed by atoms with Crippen LogP contribution in [-0.2, 0) is 6.42 Å². The smallest absolute Gasteiger partial charge is 0.153 e. The predicted molar refractivity (Wildman–Crippen MR) is 67.0 cm³/mol. The molecule has 1 saturated carbocycles. The Bertz CT molecular complexity index is 511. The monoisotopic (exact) mass is 230 g/mol. The molecule has 4 nitrogen and oxygen atoms in total. The number of nitrogens with two attached hydrogens (primary N) is 1. The summed E-state index contributed by atoms with van der Waals surface area (Å²) in [6.45, 7) is 0.638. The lowest BCUT2D eigenvalue weighted by atomic mass is 10.0. The molecule has 90 valence electrons. The average molecular weight is 230 g/mol. The van der Waals surface area contributed by atoms with Crippen LogP contribution in [0.4, 0.5) is 0 Å². The molecular weight excluding hydrogens is 212 g/mol. The van der Waals surface area contributed by atoms with Crippen molar-refractivity contribution < 1.29 is 0 Å². The molecule has 0 bridgehead atoms. The van der Waals surface area contributed by atoms with E-state index < -0.39 is 0 Å². The zero-order valence-corrected chi connectivity index (χ0v) is 9.97. The Morgan fingerprint density at radius 3 is 2.88 bits per heavy atom. The molecule has 0 amide bonds. The van der Waals surface area contributed by atoms with Crippen LogP contribution in [0.2, 0.25) is 0 Å². The molecule has 0 atom stereocenters. The van der Waals surface area contributed by atoms with Gasteiger partial charge in [0.15, 0.2) is 5.65 Å².